The lowest BCUT2D eigenvalue weighted by molar-refractivity contribution is -0.168. The van der Waals surface area contributed by atoms with E-state index in [4.69, 9.17) is 9.47 Å². The van der Waals surface area contributed by atoms with Crippen LogP contribution in [0.25, 0.3) is 0 Å². The third-order valence-electron chi connectivity index (χ3n) is 5.74. The molecule has 0 spiro atoms. The first kappa shape index (κ1) is 26.8. The number of esters is 2. The second-order valence-electron chi connectivity index (χ2n) is 8.11. The van der Waals surface area contributed by atoms with Crippen molar-refractivity contribution < 1.29 is 32.3 Å². The Balaban J connectivity index is 2.48. The van der Waals surface area contributed by atoms with Crippen molar-refractivity contribution in [2.45, 2.75) is 76.3 Å². The van der Waals surface area contributed by atoms with Gasteiger partial charge in [0.1, 0.15) is 6.04 Å². The Hall–Kier alpha value is -2.46. The first-order chi connectivity index (χ1) is 15.6. The average Bonchev–Trinajstić information content (AvgIpc) is 3.04. The van der Waals surface area contributed by atoms with Crippen molar-refractivity contribution in [2.75, 3.05) is 13.2 Å². The zero-order chi connectivity index (χ0) is 24.6. The highest BCUT2D eigenvalue weighted by Gasteiger charge is 2.65. The van der Waals surface area contributed by atoms with Crippen LogP contribution in [0.3, 0.4) is 0 Å². The van der Waals surface area contributed by atoms with Gasteiger partial charge in [-0.2, -0.15) is 4.72 Å². The maximum atomic E-state index is 13.0. The van der Waals surface area contributed by atoms with E-state index in [2.05, 4.69) is 10.0 Å². The molecule has 0 radical (unpaired) electrons. The number of rotatable bonds is 12. The summed E-state index contributed by atoms with van der Waals surface area (Å²) in [4.78, 5) is 39.1. The summed E-state index contributed by atoms with van der Waals surface area (Å²) in [6.45, 7) is 7.01. The third kappa shape index (κ3) is 5.92. The Bertz CT molecular complexity index is 926. The normalized spacial score (nSPS) is 19.7. The molecular weight excluding hydrogens is 448 g/mol. The number of hydrogen-bond donors (Lipinski definition) is 2. The topological polar surface area (TPSA) is 128 Å². The molecule has 184 valence electrons. The van der Waals surface area contributed by atoms with Gasteiger partial charge in [-0.05, 0) is 39.3 Å². The number of sulfonamides is 1. The molecule has 1 saturated heterocycles. The predicted octanol–water partition coefficient (Wildman–Crippen LogP) is 2.22. The van der Waals surface area contributed by atoms with Gasteiger partial charge in [0.25, 0.3) is 0 Å². The van der Waals surface area contributed by atoms with Crippen LogP contribution in [-0.2, 0) is 33.9 Å². The monoisotopic (exact) mass is 482 g/mol. The van der Waals surface area contributed by atoms with Gasteiger partial charge in [-0.3, -0.25) is 4.79 Å². The summed E-state index contributed by atoms with van der Waals surface area (Å²) < 4.78 is 38.8. The van der Waals surface area contributed by atoms with E-state index in [1.54, 1.807) is 26.0 Å². The number of amides is 1. The van der Waals surface area contributed by atoms with Gasteiger partial charge in [0.15, 0.2) is 0 Å². The molecule has 2 rings (SSSR count). The number of benzene rings is 1. The molecule has 0 unspecified atom stereocenters. The maximum absolute atomic E-state index is 13.0. The average molecular weight is 483 g/mol. The molecular formula is C23H34N2O7S. The van der Waals surface area contributed by atoms with E-state index < -0.39 is 45.4 Å². The second kappa shape index (κ2) is 11.6. The quantitative estimate of drug-likeness (QED) is 0.266. The smallest absolute Gasteiger partial charge is 0.344 e. The molecule has 0 bridgehead atoms. The standard InChI is InChI=1S/C23H34N2O7S/c1-5-8-9-10-11-18-19(25-33(29,30)17-14-12-16(4)13-15-17)20(26)24-23(18,21(27)31-6-2)22(28)32-7-3/h12-15,18-19,25H,5-11H2,1-4H3,(H,24,26)/t18-,19-/m1/s1. The minimum Gasteiger partial charge on any atom is -0.464 e. The molecule has 1 aliphatic heterocycles. The SMILES string of the molecule is CCCCCC[C@@H]1[C@@H](NS(=O)(=O)c2ccc(C)cc2)C(=O)NC1(C(=O)OCC)C(=O)OCC. The van der Waals surface area contributed by atoms with Gasteiger partial charge in [-0.1, -0.05) is 50.3 Å². The molecule has 0 saturated carbocycles. The van der Waals surface area contributed by atoms with E-state index in [1.807, 2.05) is 13.8 Å². The van der Waals surface area contributed by atoms with Gasteiger partial charge in [-0.15, -0.1) is 0 Å². The Labute approximate surface area is 195 Å². The van der Waals surface area contributed by atoms with Crippen molar-refractivity contribution >= 4 is 27.9 Å². The minimum atomic E-state index is -4.10. The Morgan fingerprint density at radius 2 is 1.58 bits per heavy atom. The molecule has 33 heavy (non-hydrogen) atoms. The van der Waals surface area contributed by atoms with E-state index in [0.717, 1.165) is 24.8 Å². The van der Waals surface area contributed by atoms with Crippen LogP contribution in [0.5, 0.6) is 0 Å². The number of nitrogens with one attached hydrogen (secondary N) is 2. The summed E-state index contributed by atoms with van der Waals surface area (Å²) in [6.07, 6.45) is 3.54. The van der Waals surface area contributed by atoms with Crippen LogP contribution in [0.4, 0.5) is 0 Å². The van der Waals surface area contributed by atoms with E-state index in [0.29, 0.717) is 6.42 Å². The van der Waals surface area contributed by atoms with E-state index in [1.165, 1.54) is 12.1 Å². The Morgan fingerprint density at radius 3 is 2.09 bits per heavy atom. The van der Waals surface area contributed by atoms with Crippen LogP contribution in [0.1, 0.15) is 58.4 Å². The summed E-state index contributed by atoms with van der Waals surface area (Å²) in [7, 11) is -4.10. The first-order valence-electron chi connectivity index (χ1n) is 11.4. The Morgan fingerprint density at radius 1 is 1.00 bits per heavy atom. The lowest BCUT2D eigenvalue weighted by atomic mass is 9.79. The van der Waals surface area contributed by atoms with Crippen molar-refractivity contribution in [2.24, 2.45) is 5.92 Å². The largest absolute Gasteiger partial charge is 0.464 e. The van der Waals surface area contributed by atoms with Gasteiger partial charge in [0.05, 0.1) is 18.1 Å². The molecule has 1 heterocycles. The van der Waals surface area contributed by atoms with Crippen LogP contribution in [-0.4, -0.2) is 51.1 Å². The van der Waals surface area contributed by atoms with Gasteiger partial charge >= 0.3 is 11.9 Å². The zero-order valence-corrected chi connectivity index (χ0v) is 20.5. The van der Waals surface area contributed by atoms with Gasteiger partial charge < -0.3 is 14.8 Å². The van der Waals surface area contributed by atoms with Crippen molar-refractivity contribution in [3.05, 3.63) is 29.8 Å². The molecule has 9 nitrogen and oxygen atoms in total. The molecule has 1 aromatic rings. The van der Waals surface area contributed by atoms with Crippen LogP contribution in [0, 0.1) is 12.8 Å². The van der Waals surface area contributed by atoms with Crippen LogP contribution in [0.15, 0.2) is 29.2 Å². The predicted molar refractivity (Wildman–Crippen MR) is 122 cm³/mol. The highest BCUT2D eigenvalue weighted by Crippen LogP contribution is 2.36. The molecule has 1 aromatic carbocycles. The zero-order valence-electron chi connectivity index (χ0n) is 19.7. The molecule has 1 amide bonds. The van der Waals surface area contributed by atoms with E-state index in [9.17, 15) is 22.8 Å². The van der Waals surface area contributed by atoms with Crippen molar-refractivity contribution in [1.29, 1.82) is 0 Å². The van der Waals surface area contributed by atoms with Crippen molar-refractivity contribution in [3.8, 4) is 0 Å². The number of hydrogen-bond acceptors (Lipinski definition) is 7. The summed E-state index contributed by atoms with van der Waals surface area (Å²) in [6, 6.07) is 4.82. The summed E-state index contributed by atoms with van der Waals surface area (Å²) >= 11 is 0. The summed E-state index contributed by atoms with van der Waals surface area (Å²) in [5.74, 6) is -3.68. The summed E-state index contributed by atoms with van der Waals surface area (Å²) in [5, 5.41) is 2.45. The fraction of sp³-hybridized carbons (Fsp3) is 0.609. The van der Waals surface area contributed by atoms with Crippen LogP contribution < -0.4 is 10.0 Å². The minimum absolute atomic E-state index is 0.0157. The number of aryl methyl sites for hydroxylation is 1. The van der Waals surface area contributed by atoms with Gasteiger partial charge in [-0.25, -0.2) is 18.0 Å². The fourth-order valence-corrected chi connectivity index (χ4v) is 5.27. The summed E-state index contributed by atoms with van der Waals surface area (Å²) in [5.41, 5.74) is -1.24. The Kier molecular flexibility index (Phi) is 9.42. The van der Waals surface area contributed by atoms with Crippen LogP contribution >= 0.6 is 0 Å². The number of ether oxygens (including phenoxy) is 2. The lowest BCUT2D eigenvalue weighted by Gasteiger charge is -2.31. The van der Waals surface area contributed by atoms with E-state index in [-0.39, 0.29) is 24.5 Å². The van der Waals surface area contributed by atoms with Crippen LogP contribution in [0.2, 0.25) is 0 Å². The third-order valence-corrected chi connectivity index (χ3v) is 7.20. The maximum Gasteiger partial charge on any atom is 0.344 e. The molecule has 1 aliphatic rings. The molecule has 1 fully saturated rings. The molecule has 2 N–H and O–H groups in total. The number of carbonyl (C=O) groups is 3. The molecule has 0 aromatic heterocycles. The second-order valence-corrected chi connectivity index (χ2v) is 9.82. The van der Waals surface area contributed by atoms with Crippen molar-refractivity contribution in [1.82, 2.24) is 10.0 Å². The molecule has 2 atom stereocenters. The first-order valence-corrected chi connectivity index (χ1v) is 12.9. The molecule has 10 heteroatoms. The molecule has 0 aliphatic carbocycles. The van der Waals surface area contributed by atoms with E-state index >= 15 is 0 Å². The highest BCUT2D eigenvalue weighted by molar-refractivity contribution is 7.89. The number of carbonyl (C=O) groups excluding carboxylic acids is 3. The number of unbranched alkanes of at least 4 members (excludes halogenated alkanes) is 3. The van der Waals surface area contributed by atoms with Gasteiger partial charge in [0, 0.05) is 5.92 Å². The van der Waals surface area contributed by atoms with Gasteiger partial charge in [0.2, 0.25) is 21.5 Å². The lowest BCUT2D eigenvalue weighted by Crippen LogP contribution is -2.61. The van der Waals surface area contributed by atoms with Crippen molar-refractivity contribution in [3.63, 3.8) is 0 Å². The highest BCUT2D eigenvalue weighted by atomic mass is 32.2. The fourth-order valence-electron chi connectivity index (χ4n) is 4.04.